The van der Waals surface area contributed by atoms with E-state index in [4.69, 9.17) is 0 Å². The van der Waals surface area contributed by atoms with Crippen LogP contribution in [0.2, 0.25) is 0 Å². The Balaban J connectivity index is 0.000000579. The maximum absolute atomic E-state index is 4.10. The van der Waals surface area contributed by atoms with Gasteiger partial charge in [0.1, 0.15) is 0 Å². The third kappa shape index (κ3) is 6.86. The molecule has 0 spiro atoms. The minimum Gasteiger partial charge on any atom is -0.309 e. The molecule has 0 atom stereocenters. The van der Waals surface area contributed by atoms with Crippen LogP contribution in [0.5, 0.6) is 0 Å². The molecule has 0 bridgehead atoms. The predicted octanol–water partition coefficient (Wildman–Crippen LogP) is 13.7. The molecule has 0 aliphatic heterocycles. The Labute approximate surface area is 320 Å². The van der Waals surface area contributed by atoms with Gasteiger partial charge in [-0.2, -0.15) is 0 Å². The summed E-state index contributed by atoms with van der Waals surface area (Å²) in [6.07, 6.45) is 21.4. The van der Waals surface area contributed by atoms with Gasteiger partial charge < -0.3 is 4.57 Å². The molecule has 1 aliphatic carbocycles. The molecule has 0 saturated carbocycles. The van der Waals surface area contributed by atoms with Gasteiger partial charge in [0, 0.05) is 16.3 Å². The average Bonchev–Trinajstić information content (AvgIpc) is 3.51. The van der Waals surface area contributed by atoms with E-state index in [-0.39, 0.29) is 0 Å². The van der Waals surface area contributed by atoms with Crippen LogP contribution in [0.3, 0.4) is 0 Å². The van der Waals surface area contributed by atoms with Crippen LogP contribution in [0.4, 0.5) is 0 Å². The molecule has 1 aromatic heterocycles. The molecular formula is C53H49N. The van der Waals surface area contributed by atoms with E-state index in [0.717, 1.165) is 11.0 Å². The van der Waals surface area contributed by atoms with Crippen molar-refractivity contribution < 1.29 is 0 Å². The third-order valence-corrected chi connectivity index (χ3v) is 10.6. The van der Waals surface area contributed by atoms with Gasteiger partial charge in [-0.1, -0.05) is 146 Å². The molecule has 1 nitrogen and oxygen atoms in total. The summed E-state index contributed by atoms with van der Waals surface area (Å²) in [7, 11) is 0. The minimum atomic E-state index is 1.13. The molecule has 266 valence electrons. The maximum atomic E-state index is 4.10. The monoisotopic (exact) mass is 699 g/mol. The molecule has 54 heavy (non-hydrogen) atoms. The van der Waals surface area contributed by atoms with Crippen LogP contribution < -0.4 is 10.6 Å². The molecule has 8 rings (SSSR count). The number of hydrogen-bond acceptors (Lipinski definition) is 0. The second-order valence-electron chi connectivity index (χ2n) is 14.3. The van der Waals surface area contributed by atoms with Gasteiger partial charge >= 0.3 is 0 Å². The number of allylic oxidation sites excluding steroid dienone is 10. The van der Waals surface area contributed by atoms with Crippen molar-refractivity contribution in [2.45, 2.75) is 47.5 Å². The van der Waals surface area contributed by atoms with E-state index in [1.807, 2.05) is 18.2 Å². The first-order valence-electron chi connectivity index (χ1n) is 19.0. The fraction of sp³-hybridized carbons (Fsp3) is 0.132. The van der Waals surface area contributed by atoms with E-state index < -0.39 is 0 Å². The average molecular weight is 700 g/mol. The van der Waals surface area contributed by atoms with E-state index in [9.17, 15) is 0 Å². The molecule has 0 amide bonds. The molecule has 1 heteroatoms. The van der Waals surface area contributed by atoms with Crippen LogP contribution in [-0.2, 0) is 0 Å². The lowest BCUT2D eigenvalue weighted by atomic mass is 9.92. The SMILES string of the molecule is C=C/C=C\C(=C(C)C)c1cc(-c2ccc3c(c2)c(=C/C)/c(=C\C=C)n3-c2ccc3c4ccccc4c4ccccc4c3c2)ccc1C.CC1=CCCC=C1. The smallest absolute Gasteiger partial charge is 0.0541 e. The van der Waals surface area contributed by atoms with Crippen molar-refractivity contribution in [1.82, 2.24) is 4.57 Å². The first-order chi connectivity index (χ1) is 26.3. The van der Waals surface area contributed by atoms with Crippen LogP contribution in [0.1, 0.15) is 51.7 Å². The highest BCUT2D eigenvalue weighted by atomic mass is 15.0. The largest absolute Gasteiger partial charge is 0.309 e. The molecule has 0 unspecified atom stereocenters. The molecule has 6 aromatic carbocycles. The Hall–Kier alpha value is -6.18. The van der Waals surface area contributed by atoms with Crippen LogP contribution in [0.25, 0.3) is 77.8 Å². The molecular weight excluding hydrogens is 651 g/mol. The highest BCUT2D eigenvalue weighted by molar-refractivity contribution is 6.25. The molecule has 1 heterocycles. The number of aromatic nitrogens is 1. The zero-order valence-corrected chi connectivity index (χ0v) is 32.3. The first-order valence-corrected chi connectivity index (χ1v) is 19.0. The molecule has 0 N–H and O–H groups in total. The molecule has 0 radical (unpaired) electrons. The van der Waals surface area contributed by atoms with Gasteiger partial charge in [0.2, 0.25) is 0 Å². The Morgan fingerprint density at radius 1 is 0.667 bits per heavy atom. The summed E-state index contributed by atoms with van der Waals surface area (Å²) in [5.74, 6) is 0. The zero-order valence-electron chi connectivity index (χ0n) is 32.3. The molecule has 0 fully saturated rings. The van der Waals surface area contributed by atoms with E-state index >= 15 is 0 Å². The van der Waals surface area contributed by atoms with Crippen molar-refractivity contribution in [2.75, 3.05) is 0 Å². The number of fused-ring (bicyclic) bond motifs is 7. The van der Waals surface area contributed by atoms with Gasteiger partial charge in [-0.25, -0.2) is 0 Å². The third-order valence-electron chi connectivity index (χ3n) is 10.6. The molecule has 7 aromatic rings. The van der Waals surface area contributed by atoms with E-state index in [2.05, 4.69) is 192 Å². The van der Waals surface area contributed by atoms with Crippen LogP contribution in [-0.4, -0.2) is 4.57 Å². The number of aryl methyl sites for hydroxylation is 1. The number of nitrogens with zero attached hydrogens (tertiary/aromatic N) is 1. The van der Waals surface area contributed by atoms with Crippen molar-refractivity contribution >= 4 is 60.9 Å². The summed E-state index contributed by atoms with van der Waals surface area (Å²) in [6, 6.07) is 38.1. The second kappa shape index (κ2) is 15.8. The van der Waals surface area contributed by atoms with Crippen molar-refractivity contribution in [3.63, 3.8) is 0 Å². The number of rotatable bonds is 6. The van der Waals surface area contributed by atoms with E-state index in [0.29, 0.717) is 0 Å². The fourth-order valence-corrected chi connectivity index (χ4v) is 7.93. The van der Waals surface area contributed by atoms with Crippen LogP contribution >= 0.6 is 0 Å². The summed E-state index contributed by atoms with van der Waals surface area (Å²) in [6.45, 7) is 18.8. The normalized spacial score (nSPS) is 13.5. The fourth-order valence-electron chi connectivity index (χ4n) is 7.93. The topological polar surface area (TPSA) is 4.93 Å². The zero-order chi connectivity index (χ0) is 37.8. The minimum absolute atomic E-state index is 1.13. The number of benzene rings is 6. The Morgan fingerprint density at radius 3 is 1.89 bits per heavy atom. The summed E-state index contributed by atoms with van der Waals surface area (Å²) < 4.78 is 2.39. The van der Waals surface area contributed by atoms with Crippen molar-refractivity contribution in [3.05, 3.63) is 192 Å². The van der Waals surface area contributed by atoms with Gasteiger partial charge in [-0.3, -0.25) is 0 Å². The second-order valence-corrected chi connectivity index (χ2v) is 14.3. The number of hydrogen-bond donors (Lipinski definition) is 0. The van der Waals surface area contributed by atoms with Gasteiger partial charge in [-0.05, 0) is 144 Å². The highest BCUT2D eigenvalue weighted by Gasteiger charge is 2.15. The standard InChI is InChI=1S/C46H39N.C7H10/c1-7-10-16-36(30(4)5)42-27-32(22-21-31(42)6)33-23-26-46-44(28-33)35(9-3)45(15-8-2)47(46)34-24-25-41-39-19-12-11-17-37(39)38-18-13-14-20-40(38)43(41)29-34;1-7-5-3-2-4-6-7/h7-29H,1-2H2,3-6H3;3,5-6H,2,4H2,1H3/b16-10-,35-9-,45-15+;. The van der Waals surface area contributed by atoms with Crippen molar-refractivity contribution in [2.24, 2.45) is 0 Å². The maximum Gasteiger partial charge on any atom is 0.0541 e. The van der Waals surface area contributed by atoms with Crippen LogP contribution in [0.15, 0.2) is 170 Å². The van der Waals surface area contributed by atoms with Crippen molar-refractivity contribution in [1.29, 1.82) is 0 Å². The first kappa shape index (κ1) is 36.2. The lowest BCUT2D eigenvalue weighted by molar-refractivity contribution is 1.02. The molecule has 1 aliphatic rings. The van der Waals surface area contributed by atoms with E-state index in [1.165, 1.54) is 100 Å². The lowest BCUT2D eigenvalue weighted by Gasteiger charge is -2.14. The van der Waals surface area contributed by atoms with Gasteiger partial charge in [-0.15, -0.1) is 0 Å². The predicted molar refractivity (Wildman–Crippen MR) is 240 cm³/mol. The van der Waals surface area contributed by atoms with Crippen LogP contribution in [0, 0.1) is 6.92 Å². The Kier molecular flexibility index (Phi) is 10.6. The summed E-state index contributed by atoms with van der Waals surface area (Å²) in [5.41, 5.74) is 11.1. The van der Waals surface area contributed by atoms with Crippen molar-refractivity contribution in [3.8, 4) is 16.8 Å². The van der Waals surface area contributed by atoms with E-state index in [1.54, 1.807) is 0 Å². The Morgan fingerprint density at radius 2 is 1.31 bits per heavy atom. The summed E-state index contributed by atoms with van der Waals surface area (Å²) in [4.78, 5) is 0. The summed E-state index contributed by atoms with van der Waals surface area (Å²) >= 11 is 0. The highest BCUT2D eigenvalue weighted by Crippen LogP contribution is 2.36. The molecule has 0 saturated heterocycles. The summed E-state index contributed by atoms with van der Waals surface area (Å²) in [5, 5.41) is 11.2. The van der Waals surface area contributed by atoms with Gasteiger partial charge in [0.25, 0.3) is 0 Å². The lowest BCUT2D eigenvalue weighted by Crippen LogP contribution is -2.27. The van der Waals surface area contributed by atoms with Gasteiger partial charge in [0.15, 0.2) is 0 Å². The van der Waals surface area contributed by atoms with Gasteiger partial charge in [0.05, 0.1) is 10.9 Å². The Bertz CT molecular complexity index is 2800. The quantitative estimate of drug-likeness (QED) is 0.120.